The maximum atomic E-state index is 13.1. The van der Waals surface area contributed by atoms with Gasteiger partial charge in [0.05, 0.1) is 10.9 Å². The number of rotatable bonds is 4. The van der Waals surface area contributed by atoms with Gasteiger partial charge in [0.1, 0.15) is 28.7 Å². The van der Waals surface area contributed by atoms with E-state index in [1.165, 1.54) is 36.8 Å². The van der Waals surface area contributed by atoms with Gasteiger partial charge in [0.15, 0.2) is 0 Å². The summed E-state index contributed by atoms with van der Waals surface area (Å²) in [5.41, 5.74) is 0.690. The van der Waals surface area contributed by atoms with Crippen molar-refractivity contribution in [1.29, 1.82) is 0 Å². The molecule has 0 atom stereocenters. The molecule has 6 heteroatoms. The zero-order chi connectivity index (χ0) is 19.7. The summed E-state index contributed by atoms with van der Waals surface area (Å²) in [7, 11) is 0. The highest BCUT2D eigenvalue weighted by atomic mass is 19.1. The van der Waals surface area contributed by atoms with E-state index in [4.69, 9.17) is 9.15 Å². The minimum Gasteiger partial charge on any atom is -0.507 e. The van der Waals surface area contributed by atoms with E-state index in [2.05, 4.69) is 4.90 Å². The van der Waals surface area contributed by atoms with Gasteiger partial charge in [-0.15, -0.1) is 0 Å². The molecule has 0 amide bonds. The zero-order valence-electron chi connectivity index (χ0n) is 15.7. The molecule has 2 aromatic carbocycles. The van der Waals surface area contributed by atoms with Gasteiger partial charge in [-0.25, -0.2) is 4.39 Å². The summed E-state index contributed by atoms with van der Waals surface area (Å²) in [6.07, 6.45) is 3.48. The van der Waals surface area contributed by atoms with Crippen LogP contribution in [-0.2, 0) is 6.54 Å². The maximum absolute atomic E-state index is 13.1. The number of benzene rings is 2. The summed E-state index contributed by atoms with van der Waals surface area (Å²) in [5.74, 6) is 0.463. The first-order valence-electron chi connectivity index (χ1n) is 9.47. The minimum absolute atomic E-state index is 0.0636. The van der Waals surface area contributed by atoms with E-state index in [1.54, 1.807) is 13.0 Å². The summed E-state index contributed by atoms with van der Waals surface area (Å²) >= 11 is 0. The molecular weight excluding hydrogens is 361 g/mol. The Labute approximate surface area is 162 Å². The van der Waals surface area contributed by atoms with Crippen molar-refractivity contribution in [2.75, 3.05) is 13.1 Å². The highest BCUT2D eigenvalue weighted by molar-refractivity contribution is 5.83. The first-order valence-corrected chi connectivity index (χ1v) is 9.47. The van der Waals surface area contributed by atoms with Crippen LogP contribution in [-0.4, -0.2) is 23.1 Å². The molecule has 1 aliphatic heterocycles. The van der Waals surface area contributed by atoms with Gasteiger partial charge in [0, 0.05) is 6.54 Å². The Bertz CT molecular complexity index is 1050. The predicted molar refractivity (Wildman–Crippen MR) is 104 cm³/mol. The third-order valence-electron chi connectivity index (χ3n) is 5.13. The minimum atomic E-state index is -0.382. The second-order valence-corrected chi connectivity index (χ2v) is 7.15. The number of hydrogen-bond donors (Lipinski definition) is 1. The Morgan fingerprint density at radius 3 is 2.54 bits per heavy atom. The van der Waals surface area contributed by atoms with Crippen molar-refractivity contribution in [1.82, 2.24) is 4.90 Å². The molecule has 2 heterocycles. The van der Waals surface area contributed by atoms with Crippen LogP contribution in [0.3, 0.4) is 0 Å². The Morgan fingerprint density at radius 2 is 1.82 bits per heavy atom. The van der Waals surface area contributed by atoms with Crippen molar-refractivity contribution in [2.24, 2.45) is 0 Å². The van der Waals surface area contributed by atoms with Gasteiger partial charge < -0.3 is 14.3 Å². The quantitative estimate of drug-likeness (QED) is 0.706. The monoisotopic (exact) mass is 383 g/mol. The average molecular weight is 383 g/mol. The SMILES string of the molecule is Cc1oc2c(CN3CCCCC3)c(O)ccc2c(=O)c1Oc1ccc(F)cc1. The lowest BCUT2D eigenvalue weighted by molar-refractivity contribution is 0.218. The van der Waals surface area contributed by atoms with Gasteiger partial charge in [-0.1, -0.05) is 6.42 Å². The lowest BCUT2D eigenvalue weighted by Crippen LogP contribution is -2.29. The second kappa shape index (κ2) is 7.64. The number of phenols is 1. The molecule has 0 unspecified atom stereocenters. The summed E-state index contributed by atoms with van der Waals surface area (Å²) < 4.78 is 24.7. The fraction of sp³-hybridized carbons (Fsp3) is 0.318. The van der Waals surface area contributed by atoms with Crippen molar-refractivity contribution in [2.45, 2.75) is 32.7 Å². The molecule has 28 heavy (non-hydrogen) atoms. The van der Waals surface area contributed by atoms with Crippen LogP contribution < -0.4 is 10.2 Å². The number of nitrogens with zero attached hydrogens (tertiary/aromatic N) is 1. The van der Waals surface area contributed by atoms with Crippen LogP contribution in [0, 0.1) is 12.7 Å². The number of likely N-dealkylation sites (tertiary alicyclic amines) is 1. The molecule has 5 nitrogen and oxygen atoms in total. The lowest BCUT2D eigenvalue weighted by Gasteiger charge is -2.26. The van der Waals surface area contributed by atoms with Gasteiger partial charge in [-0.2, -0.15) is 0 Å². The third kappa shape index (κ3) is 3.60. The number of aromatic hydroxyl groups is 1. The number of phenolic OH excluding ortho intramolecular Hbond substituents is 1. The Kier molecular flexibility index (Phi) is 5.05. The van der Waals surface area contributed by atoms with Crippen LogP contribution in [0.2, 0.25) is 0 Å². The van der Waals surface area contributed by atoms with Crippen molar-refractivity contribution < 1.29 is 18.7 Å². The third-order valence-corrected chi connectivity index (χ3v) is 5.13. The molecule has 0 spiro atoms. The van der Waals surface area contributed by atoms with Crippen LogP contribution >= 0.6 is 0 Å². The standard InChI is InChI=1S/C22H22FNO4/c1-14-21(28-16-7-5-15(23)6-8-16)20(26)17-9-10-19(25)18(22(17)27-14)13-24-11-3-2-4-12-24/h5-10,25H,2-4,11-13H2,1H3. The maximum Gasteiger partial charge on any atom is 0.235 e. The molecule has 1 aliphatic rings. The van der Waals surface area contributed by atoms with E-state index >= 15 is 0 Å². The van der Waals surface area contributed by atoms with Gasteiger partial charge in [-0.3, -0.25) is 9.69 Å². The summed E-state index contributed by atoms with van der Waals surface area (Å²) in [5, 5.41) is 10.8. The van der Waals surface area contributed by atoms with Crippen LogP contribution in [0.5, 0.6) is 17.2 Å². The molecule has 1 N–H and O–H groups in total. The van der Waals surface area contributed by atoms with E-state index in [0.29, 0.717) is 34.6 Å². The lowest BCUT2D eigenvalue weighted by atomic mass is 10.1. The number of fused-ring (bicyclic) bond motifs is 1. The Hall–Kier alpha value is -2.86. The predicted octanol–water partition coefficient (Wildman–Crippen LogP) is 4.72. The molecular formula is C22H22FNO4. The molecule has 0 bridgehead atoms. The van der Waals surface area contributed by atoms with Crippen molar-refractivity contribution in [3.05, 3.63) is 63.8 Å². The summed E-state index contributed by atoms with van der Waals surface area (Å²) in [6.45, 7) is 4.10. The van der Waals surface area contributed by atoms with Crippen LogP contribution in [0.15, 0.2) is 45.6 Å². The smallest absolute Gasteiger partial charge is 0.235 e. The average Bonchev–Trinajstić information content (AvgIpc) is 2.70. The van der Waals surface area contributed by atoms with Gasteiger partial charge in [-0.05, 0) is 69.3 Å². The zero-order valence-corrected chi connectivity index (χ0v) is 15.7. The number of halogens is 1. The van der Waals surface area contributed by atoms with E-state index in [1.807, 2.05) is 0 Å². The first kappa shape index (κ1) is 18.5. The molecule has 146 valence electrons. The first-order chi connectivity index (χ1) is 13.5. The molecule has 1 fully saturated rings. The molecule has 3 aromatic rings. The van der Waals surface area contributed by atoms with Gasteiger partial charge >= 0.3 is 0 Å². The summed E-state index contributed by atoms with van der Waals surface area (Å²) in [6, 6.07) is 8.51. The normalized spacial score (nSPS) is 15.1. The van der Waals surface area contributed by atoms with Gasteiger partial charge in [0.25, 0.3) is 0 Å². The van der Waals surface area contributed by atoms with Gasteiger partial charge in [0.2, 0.25) is 11.2 Å². The number of ether oxygens (including phenoxy) is 1. The molecule has 1 saturated heterocycles. The fourth-order valence-electron chi connectivity index (χ4n) is 3.63. The highest BCUT2D eigenvalue weighted by Gasteiger charge is 2.20. The van der Waals surface area contributed by atoms with Crippen molar-refractivity contribution in [3.8, 4) is 17.2 Å². The number of aryl methyl sites for hydroxylation is 1. The van der Waals surface area contributed by atoms with Crippen molar-refractivity contribution in [3.63, 3.8) is 0 Å². The molecule has 1 aromatic heterocycles. The second-order valence-electron chi connectivity index (χ2n) is 7.15. The molecule has 4 rings (SSSR count). The fourth-order valence-corrected chi connectivity index (χ4v) is 3.63. The molecule has 0 radical (unpaired) electrons. The number of hydrogen-bond acceptors (Lipinski definition) is 5. The molecule has 0 saturated carbocycles. The Balaban J connectivity index is 1.75. The van der Waals surface area contributed by atoms with E-state index < -0.39 is 0 Å². The van der Waals surface area contributed by atoms with E-state index in [9.17, 15) is 14.3 Å². The highest BCUT2D eigenvalue weighted by Crippen LogP contribution is 2.32. The van der Waals surface area contributed by atoms with Crippen LogP contribution in [0.25, 0.3) is 11.0 Å². The van der Waals surface area contributed by atoms with Crippen LogP contribution in [0.1, 0.15) is 30.6 Å². The molecule has 0 aliphatic carbocycles. The Morgan fingerprint density at radius 1 is 1.11 bits per heavy atom. The van der Waals surface area contributed by atoms with Crippen LogP contribution in [0.4, 0.5) is 4.39 Å². The topological polar surface area (TPSA) is 62.9 Å². The van der Waals surface area contributed by atoms with Crippen molar-refractivity contribution >= 4 is 11.0 Å². The largest absolute Gasteiger partial charge is 0.507 e. The summed E-state index contributed by atoms with van der Waals surface area (Å²) in [4.78, 5) is 15.3. The van der Waals surface area contributed by atoms with E-state index in [-0.39, 0.29) is 22.7 Å². The number of piperidine rings is 1. The van der Waals surface area contributed by atoms with E-state index in [0.717, 1.165) is 25.9 Å².